The van der Waals surface area contributed by atoms with Gasteiger partial charge in [-0.1, -0.05) is 40.9 Å². The first kappa shape index (κ1) is 157. The van der Waals surface area contributed by atoms with Gasteiger partial charge in [0.25, 0.3) is 24.4 Å². The van der Waals surface area contributed by atoms with E-state index >= 15 is 0 Å². The quantitative estimate of drug-likeness (QED) is 0.00328. The van der Waals surface area contributed by atoms with Crippen molar-refractivity contribution in [3.8, 4) is 28.7 Å². The molecule has 0 aliphatic rings. The number of aromatic carboxylic acids is 2. The van der Waals surface area contributed by atoms with Gasteiger partial charge in [-0.05, 0) is 283 Å². The normalized spacial score (nSPS) is 11.6. The first-order valence-corrected chi connectivity index (χ1v) is 60.3. The van der Waals surface area contributed by atoms with E-state index in [9.17, 15) is 76.2 Å². The number of hydrogen-bond donors (Lipinski definition) is 16. The zero-order chi connectivity index (χ0) is 111. The molecule has 0 bridgehead atoms. The van der Waals surface area contributed by atoms with E-state index in [1.165, 1.54) is 98.9 Å². The SMILES string of the molecule is C.C.CC(C)(C)OC(=O)NCCCCCN.CC(C)(C)OC(=O)NCCCCCNC(=O)c1ccc(O)c(CO)c1.CCOP(C)(=O)Cl.CCOP(C)(=O)Oc1ccc(C(=O)NCCCCCNC(=O)OC(C)(C)C)cc1CF.CCOP(C)(=O)Oc1ccc(C(=O)NCCCCCNC(=O)OC(C)(C)C)cc1CO.C[Si](C)(C)Br.ClCCl.ClCCl.O=C(O)c1ccc(O)c(CO)c1.O=Cc1cc(C(=O)O)ccc1O.[B].[H-].[Na+]. The summed E-state index contributed by atoms with van der Waals surface area (Å²) in [6.45, 7) is 37.5. The minimum Gasteiger partial charge on any atom is -1.00 e. The average molecular weight is 2340 g/mol. The number of phenols is 3. The zero-order valence-corrected chi connectivity index (χ0v) is 98.5. The summed E-state index contributed by atoms with van der Waals surface area (Å²) in [6, 6.07) is 20.5. The molecule has 0 saturated heterocycles. The maximum Gasteiger partial charge on any atom is 1.00 e. The van der Waals surface area contributed by atoms with Gasteiger partial charge in [0, 0.05) is 113 Å². The molecular weight excluding hydrogens is 2180 g/mol. The van der Waals surface area contributed by atoms with Gasteiger partial charge in [-0.25, -0.2) is 42.3 Å². The summed E-state index contributed by atoms with van der Waals surface area (Å²) < 4.78 is 93.9. The van der Waals surface area contributed by atoms with Crippen LogP contribution in [0.2, 0.25) is 19.6 Å². The molecule has 0 aliphatic carbocycles. The van der Waals surface area contributed by atoms with Crippen LogP contribution in [0.1, 0.15) is 282 Å². The van der Waals surface area contributed by atoms with Gasteiger partial charge in [0.1, 0.15) is 64.5 Å². The molecule has 839 valence electrons. The largest absolute Gasteiger partial charge is 1.00 e. The number of phenolic OH excluding ortho intramolecular Hbond substituents is 1. The molecule has 147 heavy (non-hydrogen) atoms. The summed E-state index contributed by atoms with van der Waals surface area (Å²) in [4.78, 5) is 113. The van der Waals surface area contributed by atoms with Crippen molar-refractivity contribution in [1.82, 2.24) is 37.2 Å². The van der Waals surface area contributed by atoms with E-state index in [2.05, 4.69) is 76.7 Å². The van der Waals surface area contributed by atoms with Crippen LogP contribution in [-0.4, -0.2) is 242 Å². The van der Waals surface area contributed by atoms with Crippen LogP contribution < -0.4 is 81.6 Å². The molecule has 0 saturated carbocycles. The number of benzene rings is 5. The van der Waals surface area contributed by atoms with Gasteiger partial charge in [0.15, 0.2) is 6.29 Å². The van der Waals surface area contributed by atoms with Crippen molar-refractivity contribution in [2.24, 2.45) is 5.73 Å². The Bertz CT molecular complexity index is 4570. The minimum atomic E-state index is -3.34. The predicted octanol–water partition coefficient (Wildman–Crippen LogP) is 19.2. The van der Waals surface area contributed by atoms with Crippen molar-refractivity contribution >= 4 is 170 Å². The second kappa shape index (κ2) is 87.2. The monoisotopic (exact) mass is 2340 g/mol. The standard InChI is InChI=1S/C21H34FN2O6P.C21H35N2O7P.C18H28N2O5.C10H22N2O2.C8H8O4.C8H6O4.C3H9BrSi.C3H8ClO2P.2CH2Cl2.2CH4.B.Na.H/c1-6-28-31(5,27)30-18-11-10-16(14-17(18)15-22)19(25)23-12-8-7-9-13-24-20(26)29-21(2,3)4;1-6-28-31(5,27)30-18-11-10-16(14-17(18)15-24)19(25)22-12-8-7-9-13-23-20(26)29-21(2,3)4;1-18(2,3)25-17(24)20-10-6-4-5-9-19-16(23)13-7-8-15(22)14(11-13)12-21;1-10(2,3)14-9(13)12-8-6-4-5-7-11;2*9-4-6-3-5(8(11)12)1-2-7(6)10;1-5(2,3)4;1-3-6-7(2,4)5;2*2-1-3;;;;;/h10-11,14H,6-9,12-13,15H2,1-5H3,(H,23,25)(H,24,26);10-11,14,24H,6-9,12-13,15H2,1-5H3,(H,22,25)(H,23,26);7-8,11,21-22H,4-6,9-10,12H2,1-3H3,(H,19,23)(H,20,24);4-8,11H2,1-3H3,(H,12,13);1-3,9-10H,4H2,(H,11,12);1-4,10H,(H,11,12);1-3H3;3H2,1-2H3;2*1H2;2*1H4;;;/q;;;;;;;;;;;;;+1;-1. The van der Waals surface area contributed by atoms with Crippen LogP contribution in [0.3, 0.4) is 0 Å². The molecule has 7 amide bonds. The number of rotatable bonds is 43. The molecule has 3 radical (unpaired) electrons. The number of nitrogens with one attached hydrogen (secondary N) is 7. The minimum absolute atomic E-state index is 0. The van der Waals surface area contributed by atoms with Crippen LogP contribution in [-0.2, 0) is 72.7 Å². The number of aliphatic hydroxyl groups is 3. The van der Waals surface area contributed by atoms with Crippen molar-refractivity contribution in [3.63, 3.8) is 0 Å². The van der Waals surface area contributed by atoms with E-state index in [0.717, 1.165) is 83.1 Å². The summed E-state index contributed by atoms with van der Waals surface area (Å²) >= 11 is 27.7. The average Bonchev–Trinajstić information content (AvgIpc) is 0.829. The smallest absolute Gasteiger partial charge is 1.00 e. The van der Waals surface area contributed by atoms with Crippen LogP contribution in [0.4, 0.5) is 23.6 Å². The number of alkyl carbamates (subject to hydrolysis) is 4. The number of aldehydes is 1. The van der Waals surface area contributed by atoms with E-state index in [0.29, 0.717) is 87.5 Å². The Hall–Kier alpha value is -7.25. The Morgan fingerprint density at radius 1 is 0.422 bits per heavy atom. The van der Waals surface area contributed by atoms with Gasteiger partial charge < -0.3 is 127 Å². The fourth-order valence-corrected chi connectivity index (χ4v) is 13.0. The van der Waals surface area contributed by atoms with Gasteiger partial charge in [0.05, 0.1) is 67.0 Å². The van der Waals surface area contributed by atoms with E-state index < -0.39 is 87.9 Å². The summed E-state index contributed by atoms with van der Waals surface area (Å²) in [7, 11) is -6.63. The number of unbranched alkanes of at least 4 members (excludes halogenated alkanes) is 8. The molecule has 3 atom stereocenters. The van der Waals surface area contributed by atoms with Crippen LogP contribution in [0.25, 0.3) is 0 Å². The van der Waals surface area contributed by atoms with Crippen molar-refractivity contribution in [3.05, 3.63) is 147 Å². The molecule has 0 aliphatic heterocycles. The number of amides is 7. The van der Waals surface area contributed by atoms with Gasteiger partial charge in [-0.3, -0.25) is 23.7 Å². The number of carbonyl (C=O) groups excluding carboxylic acids is 8. The molecule has 51 heteroatoms. The van der Waals surface area contributed by atoms with E-state index in [1.807, 2.05) is 62.3 Å². The zero-order valence-electron chi connectivity index (χ0n) is 88.4. The Kier molecular flexibility index (Phi) is 93.4. The molecule has 0 heterocycles. The van der Waals surface area contributed by atoms with E-state index in [4.69, 9.17) is 131 Å². The van der Waals surface area contributed by atoms with Crippen molar-refractivity contribution in [2.75, 3.05) is 103 Å². The fourth-order valence-electron chi connectivity index (χ4n) is 10.1. The third-order valence-electron chi connectivity index (χ3n) is 16.0. The molecule has 0 aromatic heterocycles. The Balaban J connectivity index is -0.000000191. The molecule has 5 aromatic carbocycles. The summed E-state index contributed by atoms with van der Waals surface area (Å²) in [5.41, 5.74) is 5.46. The Morgan fingerprint density at radius 3 is 0.905 bits per heavy atom. The molecule has 0 spiro atoms. The van der Waals surface area contributed by atoms with Gasteiger partial charge >= 0.3 is 81.1 Å². The fraction of sp³-hybridized carbons (Fsp3) is 0.583. The van der Waals surface area contributed by atoms with Crippen molar-refractivity contribution in [1.29, 1.82) is 0 Å². The molecule has 0 fully saturated rings. The second-order valence-electron chi connectivity index (χ2n) is 34.9. The molecule has 3 unspecified atom stereocenters. The number of aliphatic hydroxyl groups excluding tert-OH is 3. The number of ether oxygens (including phenoxy) is 4. The Morgan fingerprint density at radius 2 is 0.660 bits per heavy atom. The molecular formula is C96H163BBrCl5FN8NaO30P3Si. The number of aromatic hydroxyl groups is 3. The third-order valence-corrected chi connectivity index (χ3v) is 19.5. The number of halogens is 7. The molecule has 17 N–H and O–H groups in total. The number of nitrogens with two attached hydrogens (primary N) is 1. The first-order valence-electron chi connectivity index (χ1n) is 45.4. The van der Waals surface area contributed by atoms with Gasteiger partial charge in [0.2, 0.25) is 0 Å². The van der Waals surface area contributed by atoms with E-state index in [1.54, 1.807) is 47.6 Å². The summed E-state index contributed by atoms with van der Waals surface area (Å²) in [5, 5.41) is 91.4. The number of hydrogen-bond acceptors (Lipinski definition) is 29. The van der Waals surface area contributed by atoms with Crippen LogP contribution >= 0.6 is 94.9 Å². The van der Waals surface area contributed by atoms with Gasteiger partial charge in [-0.15, -0.1) is 61.7 Å². The second-order valence-corrected chi connectivity index (χ2v) is 55.4. The number of carbonyl (C=O) groups is 10. The molecule has 5 aromatic rings. The topological polar surface area (TPSA) is 577 Å². The number of carboxylic acids is 2. The van der Waals surface area contributed by atoms with Crippen molar-refractivity contribution in [2.45, 2.75) is 264 Å². The third kappa shape index (κ3) is 93.3. The van der Waals surface area contributed by atoms with Crippen LogP contribution in [0.5, 0.6) is 28.7 Å². The number of carboxylic acid groups (broad SMARTS) is 2. The number of alkyl halides is 5. The maximum atomic E-state index is 13.4. The first-order chi connectivity index (χ1) is 66.3. The maximum absolute atomic E-state index is 13.4. The van der Waals surface area contributed by atoms with Gasteiger partial charge in [-0.2, -0.15) is 0 Å². The predicted molar refractivity (Wildman–Crippen MR) is 586 cm³/mol. The Labute approximate surface area is 928 Å². The summed E-state index contributed by atoms with van der Waals surface area (Å²) in [6.07, 6.45) is 8.84. The summed E-state index contributed by atoms with van der Waals surface area (Å²) in [5.74, 6) is -3.10. The van der Waals surface area contributed by atoms with Crippen LogP contribution in [0, 0.1) is 0 Å². The van der Waals surface area contributed by atoms with Crippen molar-refractivity contribution < 1.29 is 179 Å². The van der Waals surface area contributed by atoms with Crippen LogP contribution in [0.15, 0.2) is 91.0 Å². The van der Waals surface area contributed by atoms with E-state index in [-0.39, 0.29) is 184 Å². The molecule has 38 nitrogen and oxygen atoms in total. The molecule has 5 rings (SSSR count).